The fourth-order valence-electron chi connectivity index (χ4n) is 8.75. The van der Waals surface area contributed by atoms with Gasteiger partial charge in [0.25, 0.3) is 0 Å². The monoisotopic (exact) mass is 661 g/mol. The van der Waals surface area contributed by atoms with Gasteiger partial charge < -0.3 is 0 Å². The second-order valence-corrected chi connectivity index (χ2v) is 15.0. The van der Waals surface area contributed by atoms with Crippen LogP contribution in [-0.2, 0) is 5.41 Å². The Hall–Kier alpha value is -5.91. The van der Waals surface area contributed by atoms with Crippen LogP contribution in [-0.4, -0.2) is 15.0 Å². The van der Waals surface area contributed by atoms with E-state index in [9.17, 15) is 10.5 Å². The van der Waals surface area contributed by atoms with Gasteiger partial charge in [0.1, 0.15) is 0 Å². The first-order valence-electron chi connectivity index (χ1n) is 17.9. The molecule has 0 radical (unpaired) electrons. The maximum Gasteiger partial charge on any atom is 0.160 e. The van der Waals surface area contributed by atoms with E-state index in [0.717, 1.165) is 68.2 Å². The molecule has 2 aliphatic rings. The maximum atomic E-state index is 9.40. The van der Waals surface area contributed by atoms with Crippen molar-refractivity contribution in [1.29, 1.82) is 10.5 Å². The van der Waals surface area contributed by atoms with Gasteiger partial charge in [0.2, 0.25) is 0 Å². The molecule has 2 unspecified atom stereocenters. The summed E-state index contributed by atoms with van der Waals surface area (Å²) in [7, 11) is 0. The number of nitriles is 2. The molecule has 2 aliphatic carbocycles. The third-order valence-corrected chi connectivity index (χ3v) is 11.0. The van der Waals surface area contributed by atoms with Crippen molar-refractivity contribution in [1.82, 2.24) is 15.0 Å². The average Bonchev–Trinajstić information content (AvgIpc) is 3.17. The number of benzene rings is 4. The molecule has 4 atom stereocenters. The minimum atomic E-state index is 0.168. The number of hydrogen-bond donors (Lipinski definition) is 0. The van der Waals surface area contributed by atoms with Gasteiger partial charge >= 0.3 is 0 Å². The smallest absolute Gasteiger partial charge is 0.160 e. The minimum absolute atomic E-state index is 0.168. The summed E-state index contributed by atoms with van der Waals surface area (Å²) in [6.45, 7) is 4.89. The highest BCUT2D eigenvalue weighted by Crippen LogP contribution is 2.51. The van der Waals surface area contributed by atoms with Crippen LogP contribution in [0.5, 0.6) is 0 Å². The van der Waals surface area contributed by atoms with Gasteiger partial charge in [-0.1, -0.05) is 62.4 Å². The SMILES string of the molecule is CC1C[C@@H]2C[C@H](C1)CC(C)(c1ccc(-c3cc(-c4ccccc4)cc(-c4cc(-c5ccc(C#N)cc5)nc(-c5ccc(C#N)cc5)n4)c3)nc1)C2. The molecule has 0 amide bonds. The summed E-state index contributed by atoms with van der Waals surface area (Å²) in [5, 5.41) is 18.8. The lowest BCUT2D eigenvalue weighted by atomic mass is 9.58. The predicted molar refractivity (Wildman–Crippen MR) is 203 cm³/mol. The lowest BCUT2D eigenvalue weighted by molar-refractivity contribution is 0.0897. The third kappa shape index (κ3) is 6.69. The first kappa shape index (κ1) is 32.3. The number of hydrogen-bond acceptors (Lipinski definition) is 5. The highest BCUT2D eigenvalue weighted by atomic mass is 14.9. The Balaban J connectivity index is 1.23. The molecule has 5 nitrogen and oxygen atoms in total. The van der Waals surface area contributed by atoms with E-state index in [1.165, 1.54) is 37.7 Å². The highest BCUT2D eigenvalue weighted by Gasteiger charge is 2.42. The molecule has 6 aromatic rings. The van der Waals surface area contributed by atoms with Crippen molar-refractivity contribution >= 4 is 0 Å². The standard InChI is InChI=1S/C46H39N5/c1-30-18-33-20-34(19-30)26-46(2,25-33)41-16-17-42(49-29-41)39-21-38(35-6-4-3-5-7-35)22-40(23-39)44-24-43(36-12-8-31(27-47)9-13-36)50-45(51-44)37-14-10-32(28-48)11-15-37/h3-17,21-24,29-30,33-34H,18-20,25-26H2,1-2H3/t30?,33-,34+,46?. The molecule has 2 heterocycles. The van der Waals surface area contributed by atoms with E-state index >= 15 is 0 Å². The van der Waals surface area contributed by atoms with Crippen molar-refractivity contribution in [3.8, 4) is 68.4 Å². The van der Waals surface area contributed by atoms with E-state index in [1.807, 2.05) is 48.5 Å². The number of rotatable bonds is 6. The molecule has 5 heteroatoms. The highest BCUT2D eigenvalue weighted by molar-refractivity contribution is 5.81. The van der Waals surface area contributed by atoms with Crippen LogP contribution in [0.1, 0.15) is 62.6 Å². The summed E-state index contributed by atoms with van der Waals surface area (Å²) < 4.78 is 0. The Morgan fingerprint density at radius 1 is 0.569 bits per heavy atom. The molecule has 2 saturated carbocycles. The first-order chi connectivity index (χ1) is 24.9. The van der Waals surface area contributed by atoms with Gasteiger partial charge in [0.05, 0.1) is 40.3 Å². The summed E-state index contributed by atoms with van der Waals surface area (Å²) in [6, 6.07) is 42.7. The van der Waals surface area contributed by atoms with Gasteiger partial charge in [-0.3, -0.25) is 4.98 Å². The van der Waals surface area contributed by atoms with Crippen LogP contribution in [0, 0.1) is 40.4 Å². The molecule has 0 saturated heterocycles. The molecule has 0 spiro atoms. The molecule has 8 rings (SSSR count). The van der Waals surface area contributed by atoms with Crippen LogP contribution >= 0.6 is 0 Å². The Morgan fingerprint density at radius 3 is 1.73 bits per heavy atom. The zero-order chi connectivity index (χ0) is 35.0. The van der Waals surface area contributed by atoms with Crippen molar-refractivity contribution in [3.05, 3.63) is 138 Å². The predicted octanol–water partition coefficient (Wildman–Crippen LogP) is 11.1. The molecule has 2 fully saturated rings. The van der Waals surface area contributed by atoms with Gasteiger partial charge in [-0.25, -0.2) is 9.97 Å². The van der Waals surface area contributed by atoms with E-state index in [0.29, 0.717) is 17.0 Å². The van der Waals surface area contributed by atoms with Crippen molar-refractivity contribution in [2.75, 3.05) is 0 Å². The Kier molecular flexibility index (Phi) is 8.50. The maximum absolute atomic E-state index is 9.40. The molecule has 0 aliphatic heterocycles. The summed E-state index contributed by atoms with van der Waals surface area (Å²) >= 11 is 0. The van der Waals surface area contributed by atoms with Gasteiger partial charge in [-0.05, 0) is 139 Å². The van der Waals surface area contributed by atoms with E-state index in [2.05, 4.69) is 86.8 Å². The van der Waals surface area contributed by atoms with Gasteiger partial charge in [-0.2, -0.15) is 10.5 Å². The summed E-state index contributed by atoms with van der Waals surface area (Å²) in [5.74, 6) is 3.04. The zero-order valence-electron chi connectivity index (χ0n) is 29.1. The van der Waals surface area contributed by atoms with E-state index in [4.69, 9.17) is 15.0 Å². The zero-order valence-corrected chi connectivity index (χ0v) is 29.1. The Morgan fingerprint density at radius 2 is 1.14 bits per heavy atom. The van der Waals surface area contributed by atoms with E-state index in [1.54, 1.807) is 12.1 Å². The topological polar surface area (TPSA) is 86.2 Å². The number of pyridine rings is 1. The Labute approximate surface area is 300 Å². The quantitative estimate of drug-likeness (QED) is 0.177. The van der Waals surface area contributed by atoms with Gasteiger partial charge in [-0.15, -0.1) is 0 Å². The van der Waals surface area contributed by atoms with Crippen LogP contribution < -0.4 is 0 Å². The molecule has 0 N–H and O–H groups in total. The average molecular weight is 662 g/mol. The third-order valence-electron chi connectivity index (χ3n) is 11.0. The fourth-order valence-corrected chi connectivity index (χ4v) is 8.75. The lowest BCUT2D eigenvalue weighted by Gasteiger charge is -2.47. The van der Waals surface area contributed by atoms with E-state index < -0.39 is 0 Å². The normalized spacial score (nSPS) is 21.0. The molecule has 2 bridgehead atoms. The van der Waals surface area contributed by atoms with E-state index in [-0.39, 0.29) is 5.41 Å². The van der Waals surface area contributed by atoms with Crippen LogP contribution in [0.3, 0.4) is 0 Å². The second kappa shape index (κ2) is 13.4. The minimum Gasteiger partial charge on any atom is -0.256 e. The molecule has 51 heavy (non-hydrogen) atoms. The summed E-state index contributed by atoms with van der Waals surface area (Å²) in [4.78, 5) is 15.2. The number of fused-ring (bicyclic) bond motifs is 2. The fraction of sp³-hybridized carbons (Fsp3) is 0.239. The van der Waals surface area contributed by atoms with Crippen molar-refractivity contribution < 1.29 is 0 Å². The molecule has 2 aromatic heterocycles. The largest absolute Gasteiger partial charge is 0.256 e. The summed E-state index contributed by atoms with van der Waals surface area (Å²) in [5.41, 5.74) is 11.0. The van der Waals surface area contributed by atoms with Gasteiger partial charge in [0.15, 0.2) is 5.82 Å². The number of aromatic nitrogens is 3. The van der Waals surface area contributed by atoms with Crippen LogP contribution in [0.25, 0.3) is 56.3 Å². The second-order valence-electron chi connectivity index (χ2n) is 15.0. The molecular formula is C46H39N5. The van der Waals surface area contributed by atoms with Crippen LogP contribution in [0.15, 0.2) is 121 Å². The first-order valence-corrected chi connectivity index (χ1v) is 17.9. The van der Waals surface area contributed by atoms with Gasteiger partial charge in [0, 0.05) is 28.5 Å². The van der Waals surface area contributed by atoms with Crippen molar-refractivity contribution in [2.24, 2.45) is 17.8 Å². The van der Waals surface area contributed by atoms with Crippen LogP contribution in [0.2, 0.25) is 0 Å². The molecular weight excluding hydrogens is 623 g/mol. The lowest BCUT2D eigenvalue weighted by Crippen LogP contribution is -2.38. The summed E-state index contributed by atoms with van der Waals surface area (Å²) in [6.07, 6.45) is 8.73. The molecule has 248 valence electrons. The molecule has 4 aromatic carbocycles. The number of nitrogens with zero attached hydrogens (tertiary/aromatic N) is 5. The van der Waals surface area contributed by atoms with Crippen LogP contribution in [0.4, 0.5) is 0 Å². The van der Waals surface area contributed by atoms with Crippen molar-refractivity contribution in [2.45, 2.75) is 51.4 Å². The Bertz CT molecular complexity index is 2180. The van der Waals surface area contributed by atoms with Crippen molar-refractivity contribution in [3.63, 3.8) is 0 Å².